The van der Waals surface area contributed by atoms with Crippen LogP contribution in [0.4, 0.5) is 5.69 Å². The van der Waals surface area contributed by atoms with Gasteiger partial charge in [-0.3, -0.25) is 28.8 Å². The second-order valence-electron chi connectivity index (χ2n) is 11.4. The lowest BCUT2D eigenvalue weighted by Crippen LogP contribution is -2.56. The number of carbonyl (C=O) groups excluding carboxylic acids is 5. The summed E-state index contributed by atoms with van der Waals surface area (Å²) in [4.78, 5) is 79.9. The first kappa shape index (κ1) is 30.1. The van der Waals surface area contributed by atoms with Crippen molar-refractivity contribution in [3.05, 3.63) is 43.7 Å². The monoisotopic (exact) mass is 660 g/mol. The summed E-state index contributed by atoms with van der Waals surface area (Å²) >= 11 is 4.23. The minimum Gasteiger partial charge on any atom is -0.353 e. The highest BCUT2D eigenvalue weighted by Gasteiger charge is 2.48. The number of ketones is 1. The number of hydrogen-bond acceptors (Lipinski definition) is 8. The predicted molar refractivity (Wildman–Crippen MR) is 158 cm³/mol. The lowest BCUT2D eigenvalue weighted by molar-refractivity contribution is -0.137. The summed E-state index contributed by atoms with van der Waals surface area (Å²) in [6.07, 6.45) is 6.93. The maximum atomic E-state index is 13.2. The van der Waals surface area contributed by atoms with Gasteiger partial charge in [0.1, 0.15) is 22.9 Å². The van der Waals surface area contributed by atoms with E-state index < -0.39 is 35.1 Å². The van der Waals surface area contributed by atoms with E-state index in [4.69, 9.17) is 0 Å². The van der Waals surface area contributed by atoms with Gasteiger partial charge in [0.05, 0.1) is 0 Å². The zero-order chi connectivity index (χ0) is 30.0. The van der Waals surface area contributed by atoms with Crippen LogP contribution in [0.3, 0.4) is 0 Å². The Labute approximate surface area is 254 Å². The van der Waals surface area contributed by atoms with Crippen LogP contribution in [0, 0.1) is 23.7 Å². The van der Waals surface area contributed by atoms with Crippen LogP contribution in [0.2, 0.25) is 0 Å². The third-order valence-electron chi connectivity index (χ3n) is 8.58. The van der Waals surface area contributed by atoms with Crippen molar-refractivity contribution < 1.29 is 24.0 Å². The molecular formula is C28H33BrN6O6S. The standard InChI is InChI=1S/C28H33BrN6O6S/c1-30-25(39)20(36)5-4-18(31-26(40)27-33-21(29)13-42-27)24(38)32-19-3-2-6-35(28(19)41)12-22(37)34-23-16-8-14-7-15(10-16)11-17(23)9-14/h2-3,6,13-18,23H,4-5,7-12H2,1H3,(H,30,39)(H,31,40)(H,32,38)(H,34,37)/t14?,15?,16?,17?,18-,23?/m0/s1. The summed E-state index contributed by atoms with van der Waals surface area (Å²) in [5, 5.41) is 12.2. The van der Waals surface area contributed by atoms with Crippen LogP contribution >= 0.6 is 27.3 Å². The van der Waals surface area contributed by atoms with Gasteiger partial charge in [-0.2, -0.15) is 0 Å². The number of Topliss-reactive ketones (excluding diaryl/α,β-unsaturated/α-hetero) is 1. The normalized spacial score (nSPS) is 24.5. The molecule has 4 N–H and O–H groups in total. The zero-order valence-electron chi connectivity index (χ0n) is 23.1. The fourth-order valence-corrected chi connectivity index (χ4v) is 8.05. The van der Waals surface area contributed by atoms with E-state index in [-0.39, 0.29) is 42.0 Å². The van der Waals surface area contributed by atoms with Crippen LogP contribution in [0.25, 0.3) is 0 Å². The first-order chi connectivity index (χ1) is 20.1. The van der Waals surface area contributed by atoms with Gasteiger partial charge in [-0.05, 0) is 90.3 Å². The molecule has 0 spiro atoms. The summed E-state index contributed by atoms with van der Waals surface area (Å²) in [6.45, 7) is -0.189. The zero-order valence-corrected chi connectivity index (χ0v) is 25.5. The Balaban J connectivity index is 1.24. The minimum atomic E-state index is -1.25. The number of anilines is 1. The summed E-state index contributed by atoms with van der Waals surface area (Å²) < 4.78 is 1.68. The van der Waals surface area contributed by atoms with Gasteiger partial charge in [-0.1, -0.05) is 0 Å². The fraction of sp³-hybridized carbons (Fsp3) is 0.536. The Hall–Kier alpha value is -3.39. The predicted octanol–water partition coefficient (Wildman–Crippen LogP) is 1.84. The van der Waals surface area contributed by atoms with E-state index in [2.05, 4.69) is 42.2 Å². The molecule has 6 rings (SSSR count). The number of pyridine rings is 1. The molecule has 2 aromatic rings. The number of amides is 4. The molecular weight excluding hydrogens is 628 g/mol. The van der Waals surface area contributed by atoms with Gasteiger partial charge >= 0.3 is 0 Å². The van der Waals surface area contributed by atoms with Crippen molar-refractivity contribution in [1.82, 2.24) is 25.5 Å². The largest absolute Gasteiger partial charge is 0.353 e. The van der Waals surface area contributed by atoms with Gasteiger partial charge in [-0.15, -0.1) is 11.3 Å². The third kappa shape index (κ3) is 6.80. The Bertz CT molecular complexity index is 1430. The molecule has 42 heavy (non-hydrogen) atoms. The summed E-state index contributed by atoms with van der Waals surface area (Å²) in [7, 11) is 1.32. The smallest absolute Gasteiger partial charge is 0.287 e. The van der Waals surface area contributed by atoms with Crippen molar-refractivity contribution in [3.8, 4) is 0 Å². The van der Waals surface area contributed by atoms with Gasteiger partial charge < -0.3 is 25.8 Å². The molecule has 4 aliphatic rings. The van der Waals surface area contributed by atoms with Crippen molar-refractivity contribution in [2.45, 2.75) is 63.6 Å². The highest BCUT2D eigenvalue weighted by molar-refractivity contribution is 9.10. The number of likely N-dealkylation sites (N-methyl/N-ethyl adjacent to an activating group) is 1. The molecule has 0 aliphatic heterocycles. The SMILES string of the molecule is CNC(=O)C(=O)CC[C@H](NC(=O)c1nc(Br)cs1)C(=O)Nc1cccn(CC(=O)NC2C3CC4CC(C3)CC2C4)c1=O. The lowest BCUT2D eigenvalue weighted by atomic mass is 9.54. The highest BCUT2D eigenvalue weighted by Crippen LogP contribution is 2.53. The molecule has 1 atom stereocenters. The molecule has 0 saturated heterocycles. The van der Waals surface area contributed by atoms with Gasteiger partial charge in [0.15, 0.2) is 5.01 Å². The Kier molecular flexibility index (Phi) is 9.21. The second kappa shape index (κ2) is 12.9. The maximum Gasteiger partial charge on any atom is 0.287 e. The van der Waals surface area contributed by atoms with E-state index in [1.54, 1.807) is 11.4 Å². The van der Waals surface area contributed by atoms with Gasteiger partial charge in [0.25, 0.3) is 17.4 Å². The molecule has 0 radical (unpaired) electrons. The molecule has 4 amide bonds. The van der Waals surface area contributed by atoms with Gasteiger partial charge in [0.2, 0.25) is 17.6 Å². The summed E-state index contributed by atoms with van der Waals surface area (Å²) in [6, 6.07) is 1.84. The molecule has 4 fully saturated rings. The van der Waals surface area contributed by atoms with E-state index in [9.17, 15) is 28.8 Å². The van der Waals surface area contributed by atoms with Crippen LogP contribution in [-0.4, -0.2) is 58.1 Å². The molecule has 12 nitrogen and oxygen atoms in total. The van der Waals surface area contributed by atoms with E-state index in [1.807, 2.05) is 0 Å². The Morgan fingerprint density at radius 3 is 2.40 bits per heavy atom. The number of aromatic nitrogens is 2. The van der Waals surface area contributed by atoms with Crippen molar-refractivity contribution in [2.24, 2.45) is 23.7 Å². The molecule has 2 heterocycles. The van der Waals surface area contributed by atoms with Gasteiger partial charge in [0, 0.05) is 31.1 Å². The number of nitrogens with one attached hydrogen (secondary N) is 4. The third-order valence-corrected chi connectivity index (χ3v) is 10.1. The molecule has 224 valence electrons. The molecule has 4 bridgehead atoms. The highest BCUT2D eigenvalue weighted by atomic mass is 79.9. The molecule has 0 unspecified atom stereocenters. The van der Waals surface area contributed by atoms with E-state index in [1.165, 1.54) is 30.3 Å². The van der Waals surface area contributed by atoms with Crippen molar-refractivity contribution in [2.75, 3.05) is 12.4 Å². The first-order valence-corrected chi connectivity index (χ1v) is 15.7. The average molecular weight is 662 g/mol. The first-order valence-electron chi connectivity index (χ1n) is 14.1. The Morgan fingerprint density at radius 2 is 1.79 bits per heavy atom. The minimum absolute atomic E-state index is 0.0845. The quantitative estimate of drug-likeness (QED) is 0.267. The van der Waals surface area contributed by atoms with Crippen LogP contribution in [-0.2, 0) is 25.7 Å². The molecule has 14 heteroatoms. The van der Waals surface area contributed by atoms with Crippen molar-refractivity contribution in [3.63, 3.8) is 0 Å². The van der Waals surface area contributed by atoms with E-state index >= 15 is 0 Å². The average Bonchev–Trinajstić information content (AvgIpc) is 3.40. The van der Waals surface area contributed by atoms with Crippen LogP contribution in [0.5, 0.6) is 0 Å². The molecule has 4 saturated carbocycles. The van der Waals surface area contributed by atoms with Crippen LogP contribution in [0.1, 0.15) is 54.7 Å². The number of nitrogens with zero attached hydrogens (tertiary/aromatic N) is 2. The number of rotatable bonds is 11. The number of hydrogen-bond donors (Lipinski definition) is 4. The van der Waals surface area contributed by atoms with E-state index in [0.29, 0.717) is 16.4 Å². The maximum absolute atomic E-state index is 13.2. The van der Waals surface area contributed by atoms with E-state index in [0.717, 1.165) is 48.9 Å². The summed E-state index contributed by atoms with van der Waals surface area (Å²) in [5.41, 5.74) is -0.666. The van der Waals surface area contributed by atoms with Crippen molar-refractivity contribution >= 4 is 62.4 Å². The number of halogens is 1. The summed E-state index contributed by atoms with van der Waals surface area (Å²) in [5.74, 6) is -0.658. The lowest BCUT2D eigenvalue weighted by Gasteiger charge is -2.54. The number of carbonyl (C=O) groups is 5. The molecule has 4 aliphatic carbocycles. The van der Waals surface area contributed by atoms with Gasteiger partial charge in [-0.25, -0.2) is 4.98 Å². The van der Waals surface area contributed by atoms with Crippen molar-refractivity contribution in [1.29, 1.82) is 0 Å². The Morgan fingerprint density at radius 1 is 1.10 bits per heavy atom. The second-order valence-corrected chi connectivity index (χ2v) is 13.1. The molecule has 2 aromatic heterocycles. The topological polar surface area (TPSA) is 168 Å². The van der Waals surface area contributed by atoms with Crippen LogP contribution in [0.15, 0.2) is 33.1 Å². The number of thiazole rings is 1. The fourth-order valence-electron chi connectivity index (χ4n) is 6.90. The molecule has 0 aromatic carbocycles. The van der Waals surface area contributed by atoms with Crippen LogP contribution < -0.4 is 26.8 Å².